The predicted octanol–water partition coefficient (Wildman–Crippen LogP) is 0.639. The van der Waals surface area contributed by atoms with Gasteiger partial charge in [-0.05, 0) is 24.3 Å². The summed E-state index contributed by atoms with van der Waals surface area (Å²) in [5.74, 6) is 1.01. The van der Waals surface area contributed by atoms with Crippen LogP contribution in [0.25, 0.3) is 11.4 Å². The van der Waals surface area contributed by atoms with E-state index in [0.717, 1.165) is 0 Å². The molecule has 0 radical (unpaired) electrons. The molecule has 0 saturated carbocycles. The Hall–Kier alpha value is -3.18. The molecule has 0 spiro atoms. The largest absolute Gasteiger partial charge is 0.497 e. The monoisotopic (exact) mass is 419 g/mol. The highest BCUT2D eigenvalue weighted by atomic mass is 32.2. The number of nitrogens with one attached hydrogen (secondary N) is 1. The quantitative estimate of drug-likeness (QED) is 0.569. The smallest absolute Gasteiger partial charge is 0.345 e. The van der Waals surface area contributed by atoms with Crippen LogP contribution in [0.4, 0.5) is 0 Å². The van der Waals surface area contributed by atoms with E-state index in [9.17, 15) is 13.2 Å². The molecule has 0 saturated heterocycles. The topological polar surface area (TPSA) is 117 Å². The zero-order valence-corrected chi connectivity index (χ0v) is 17.0. The van der Waals surface area contributed by atoms with E-state index >= 15 is 0 Å². The highest BCUT2D eigenvalue weighted by Gasteiger charge is 2.21. The van der Waals surface area contributed by atoms with Crippen molar-refractivity contribution in [3.8, 4) is 22.9 Å². The first-order valence-electron chi connectivity index (χ1n) is 8.63. The van der Waals surface area contributed by atoms with Crippen molar-refractivity contribution < 1.29 is 17.9 Å². The van der Waals surface area contributed by atoms with E-state index in [1.54, 1.807) is 37.6 Å². The molecule has 3 aromatic rings. The summed E-state index contributed by atoms with van der Waals surface area (Å²) in [4.78, 5) is 16.4. The molecule has 0 amide bonds. The van der Waals surface area contributed by atoms with E-state index in [1.165, 1.54) is 35.6 Å². The molecular weight excluding hydrogens is 398 g/mol. The van der Waals surface area contributed by atoms with Gasteiger partial charge in [-0.25, -0.2) is 22.6 Å². The van der Waals surface area contributed by atoms with E-state index in [4.69, 9.17) is 9.47 Å². The van der Waals surface area contributed by atoms with Gasteiger partial charge in [0.05, 0.1) is 20.8 Å². The van der Waals surface area contributed by atoms with Gasteiger partial charge in [-0.2, -0.15) is 0 Å². The van der Waals surface area contributed by atoms with Crippen molar-refractivity contribution in [3.05, 3.63) is 53.2 Å². The minimum atomic E-state index is -3.89. The second-order valence-corrected chi connectivity index (χ2v) is 7.78. The van der Waals surface area contributed by atoms with Crippen LogP contribution in [-0.2, 0) is 23.6 Å². The summed E-state index contributed by atoms with van der Waals surface area (Å²) >= 11 is 0. The van der Waals surface area contributed by atoms with Gasteiger partial charge in [0.2, 0.25) is 10.0 Å². The third kappa shape index (κ3) is 4.30. The van der Waals surface area contributed by atoms with E-state index in [1.807, 2.05) is 0 Å². The molecule has 29 heavy (non-hydrogen) atoms. The number of rotatable bonds is 8. The van der Waals surface area contributed by atoms with E-state index in [2.05, 4.69) is 14.8 Å². The molecule has 11 heteroatoms. The lowest BCUT2D eigenvalue weighted by Gasteiger charge is -2.12. The number of nitrogens with zero attached hydrogens (tertiary/aromatic N) is 4. The molecule has 154 valence electrons. The summed E-state index contributed by atoms with van der Waals surface area (Å²) in [5.41, 5.74) is 0.328. The fourth-order valence-electron chi connectivity index (χ4n) is 2.74. The molecule has 0 aliphatic rings. The van der Waals surface area contributed by atoms with Crippen molar-refractivity contribution in [2.45, 2.75) is 11.4 Å². The van der Waals surface area contributed by atoms with Crippen LogP contribution in [0, 0.1) is 0 Å². The molecule has 1 aromatic carbocycles. The Bertz CT molecular complexity index is 1160. The number of ether oxygens (including phenoxy) is 2. The summed E-state index contributed by atoms with van der Waals surface area (Å²) in [6.45, 7) is 0.0184. The highest BCUT2D eigenvalue weighted by molar-refractivity contribution is 7.89. The van der Waals surface area contributed by atoms with Gasteiger partial charge in [-0.1, -0.05) is 0 Å². The standard InChI is InChI=1S/C18H21N5O5S/c1-22-17(13-5-4-8-19-12-13)21-23(18(22)24)10-9-20-29(25,26)16-11-14(27-2)6-7-15(16)28-3/h4-8,11-12,20H,9-10H2,1-3H3. The molecule has 0 unspecified atom stereocenters. The third-order valence-electron chi connectivity index (χ3n) is 4.24. The third-order valence-corrected chi connectivity index (χ3v) is 5.72. The average molecular weight is 419 g/mol. The lowest BCUT2D eigenvalue weighted by Crippen LogP contribution is -2.32. The number of methoxy groups -OCH3 is 2. The van der Waals surface area contributed by atoms with Crippen LogP contribution in [0.2, 0.25) is 0 Å². The normalized spacial score (nSPS) is 11.4. The Morgan fingerprint density at radius 3 is 2.62 bits per heavy atom. The fourth-order valence-corrected chi connectivity index (χ4v) is 3.94. The predicted molar refractivity (Wildman–Crippen MR) is 105 cm³/mol. The molecule has 2 aromatic heterocycles. The van der Waals surface area contributed by atoms with Crippen LogP contribution in [0.1, 0.15) is 0 Å². The molecular formula is C18H21N5O5S. The zero-order valence-electron chi connectivity index (χ0n) is 16.2. The maximum absolute atomic E-state index is 12.7. The van der Waals surface area contributed by atoms with Crippen molar-refractivity contribution in [3.63, 3.8) is 0 Å². The number of sulfonamides is 1. The van der Waals surface area contributed by atoms with Gasteiger partial charge in [0.25, 0.3) is 0 Å². The molecule has 0 atom stereocenters. The highest BCUT2D eigenvalue weighted by Crippen LogP contribution is 2.27. The number of aromatic nitrogens is 4. The molecule has 10 nitrogen and oxygen atoms in total. The minimum Gasteiger partial charge on any atom is -0.497 e. The van der Waals surface area contributed by atoms with Crippen LogP contribution >= 0.6 is 0 Å². The molecule has 0 bridgehead atoms. The lowest BCUT2D eigenvalue weighted by molar-refractivity contribution is 0.392. The van der Waals surface area contributed by atoms with E-state index in [-0.39, 0.29) is 29.4 Å². The molecule has 0 aliphatic carbocycles. The summed E-state index contributed by atoms with van der Waals surface area (Å²) in [6.07, 6.45) is 3.23. The van der Waals surface area contributed by atoms with Crippen LogP contribution in [0.15, 0.2) is 52.4 Å². The summed E-state index contributed by atoms with van der Waals surface area (Å²) in [5, 5.41) is 4.28. The molecule has 3 rings (SSSR count). The van der Waals surface area contributed by atoms with Crippen molar-refractivity contribution >= 4 is 10.0 Å². The number of benzene rings is 1. The van der Waals surface area contributed by atoms with Crippen LogP contribution in [0.3, 0.4) is 0 Å². The Morgan fingerprint density at radius 1 is 1.17 bits per heavy atom. The number of hydrogen-bond acceptors (Lipinski definition) is 7. The van der Waals surface area contributed by atoms with Gasteiger partial charge in [0.15, 0.2) is 5.82 Å². The average Bonchev–Trinajstić information content (AvgIpc) is 3.02. The Kier molecular flexibility index (Phi) is 5.99. The first-order valence-corrected chi connectivity index (χ1v) is 10.1. The van der Waals surface area contributed by atoms with Gasteiger partial charge in [-0.15, -0.1) is 5.10 Å². The maximum atomic E-state index is 12.7. The van der Waals surface area contributed by atoms with E-state index < -0.39 is 10.0 Å². The maximum Gasteiger partial charge on any atom is 0.345 e. The first-order chi connectivity index (χ1) is 13.9. The first kappa shape index (κ1) is 20.6. The molecule has 0 fully saturated rings. The SMILES string of the molecule is COc1ccc(OC)c(S(=O)(=O)NCCn2nc(-c3cccnc3)n(C)c2=O)c1. The Balaban J connectivity index is 1.77. The second-order valence-electron chi connectivity index (χ2n) is 6.04. The number of pyridine rings is 1. The zero-order chi connectivity index (χ0) is 21.0. The Morgan fingerprint density at radius 2 is 1.97 bits per heavy atom. The van der Waals surface area contributed by atoms with Gasteiger partial charge in [-0.3, -0.25) is 9.55 Å². The molecule has 2 heterocycles. The van der Waals surface area contributed by atoms with Crippen LogP contribution < -0.4 is 19.9 Å². The minimum absolute atomic E-state index is 0.0356. The molecule has 1 N–H and O–H groups in total. The van der Waals surface area contributed by atoms with Crippen molar-refractivity contribution in [1.82, 2.24) is 24.1 Å². The van der Waals surface area contributed by atoms with E-state index in [0.29, 0.717) is 17.1 Å². The second kappa shape index (κ2) is 8.45. The summed E-state index contributed by atoms with van der Waals surface area (Å²) in [6, 6.07) is 8.02. The van der Waals surface area contributed by atoms with Crippen molar-refractivity contribution in [2.24, 2.45) is 7.05 Å². The van der Waals surface area contributed by atoms with Crippen molar-refractivity contribution in [1.29, 1.82) is 0 Å². The van der Waals surface area contributed by atoms with Gasteiger partial charge >= 0.3 is 5.69 Å². The van der Waals surface area contributed by atoms with Crippen LogP contribution in [-0.4, -0.2) is 48.5 Å². The Labute approximate surface area is 167 Å². The van der Waals surface area contributed by atoms with Gasteiger partial charge < -0.3 is 9.47 Å². The van der Waals surface area contributed by atoms with Gasteiger partial charge in [0.1, 0.15) is 16.4 Å². The lowest BCUT2D eigenvalue weighted by atomic mass is 10.3. The number of hydrogen-bond donors (Lipinski definition) is 1. The summed E-state index contributed by atoms with van der Waals surface area (Å²) < 4.78 is 40.6. The summed E-state index contributed by atoms with van der Waals surface area (Å²) in [7, 11) is 0.534. The van der Waals surface area contributed by atoms with Crippen molar-refractivity contribution in [2.75, 3.05) is 20.8 Å². The fraction of sp³-hybridized carbons (Fsp3) is 0.278. The molecule has 0 aliphatic heterocycles. The van der Waals surface area contributed by atoms with Gasteiger partial charge in [0, 0.05) is 37.6 Å². The van der Waals surface area contributed by atoms with Crippen LogP contribution in [0.5, 0.6) is 11.5 Å².